The second-order valence-electron chi connectivity index (χ2n) is 7.52. The van der Waals surface area contributed by atoms with Crippen molar-refractivity contribution in [1.82, 2.24) is 15.1 Å². The first kappa shape index (κ1) is 19.8. The summed E-state index contributed by atoms with van der Waals surface area (Å²) in [4.78, 5) is 37.7. The molecule has 1 aliphatic rings. The van der Waals surface area contributed by atoms with Crippen LogP contribution in [0.15, 0.2) is 53.3 Å². The van der Waals surface area contributed by atoms with Crippen molar-refractivity contribution < 1.29 is 14.3 Å². The number of hydrogen-bond acceptors (Lipinski definition) is 5. The number of carbonyl (C=O) groups excluding carboxylic acids is 2. The Labute approximate surface area is 173 Å². The lowest BCUT2D eigenvalue weighted by Gasteiger charge is -2.27. The molecule has 0 radical (unpaired) electrons. The van der Waals surface area contributed by atoms with Crippen molar-refractivity contribution in [2.75, 3.05) is 0 Å². The SMILES string of the molecule is C[C@H](OC(=O)c1nn(C)c(=O)c2ccccc12)C(=O)N[C@H]1CCCc2ccccc21. The zero-order chi connectivity index (χ0) is 21.3. The third-order valence-corrected chi connectivity index (χ3v) is 5.49. The van der Waals surface area contributed by atoms with E-state index < -0.39 is 12.1 Å². The zero-order valence-electron chi connectivity index (χ0n) is 16.9. The topological polar surface area (TPSA) is 90.3 Å². The van der Waals surface area contributed by atoms with Crippen LogP contribution in [0.3, 0.4) is 0 Å². The molecule has 7 nitrogen and oxygen atoms in total. The molecule has 1 aliphatic carbocycles. The fourth-order valence-corrected chi connectivity index (χ4v) is 3.91. The fraction of sp³-hybridized carbons (Fsp3) is 0.304. The molecule has 1 aromatic heterocycles. The van der Waals surface area contributed by atoms with Gasteiger partial charge in [-0.25, -0.2) is 9.48 Å². The normalized spacial score (nSPS) is 16.5. The Morgan fingerprint density at radius 1 is 1.13 bits per heavy atom. The molecule has 2 atom stereocenters. The van der Waals surface area contributed by atoms with Crippen LogP contribution < -0.4 is 10.9 Å². The van der Waals surface area contributed by atoms with Crippen molar-refractivity contribution in [3.05, 3.63) is 75.7 Å². The van der Waals surface area contributed by atoms with Crippen LogP contribution in [0.25, 0.3) is 10.8 Å². The lowest BCUT2D eigenvalue weighted by atomic mass is 9.87. The van der Waals surface area contributed by atoms with Crippen molar-refractivity contribution >= 4 is 22.6 Å². The third kappa shape index (κ3) is 3.70. The first-order valence-electron chi connectivity index (χ1n) is 10.0. The number of rotatable bonds is 4. The number of ether oxygens (including phenoxy) is 1. The number of hydrogen-bond donors (Lipinski definition) is 1. The Bertz CT molecular complexity index is 1180. The average Bonchev–Trinajstić information content (AvgIpc) is 2.76. The van der Waals surface area contributed by atoms with Crippen LogP contribution in [0.5, 0.6) is 0 Å². The summed E-state index contributed by atoms with van der Waals surface area (Å²) in [7, 11) is 1.47. The van der Waals surface area contributed by atoms with Gasteiger partial charge in [-0.2, -0.15) is 5.10 Å². The number of amides is 1. The predicted molar refractivity (Wildman–Crippen MR) is 112 cm³/mol. The molecular weight excluding hydrogens is 382 g/mol. The number of nitrogens with zero attached hydrogens (tertiary/aromatic N) is 2. The first-order chi connectivity index (χ1) is 14.5. The van der Waals surface area contributed by atoms with Crippen molar-refractivity contribution in [3.8, 4) is 0 Å². The summed E-state index contributed by atoms with van der Waals surface area (Å²) in [6, 6.07) is 14.7. The average molecular weight is 405 g/mol. The van der Waals surface area contributed by atoms with Gasteiger partial charge in [-0.3, -0.25) is 9.59 Å². The van der Waals surface area contributed by atoms with Gasteiger partial charge in [0.05, 0.1) is 11.4 Å². The summed E-state index contributed by atoms with van der Waals surface area (Å²) in [5.74, 6) is -1.10. The molecule has 0 bridgehead atoms. The van der Waals surface area contributed by atoms with Gasteiger partial charge in [-0.1, -0.05) is 42.5 Å². The number of esters is 1. The molecule has 0 unspecified atom stereocenters. The molecule has 4 rings (SSSR count). The van der Waals surface area contributed by atoms with E-state index in [-0.39, 0.29) is 23.2 Å². The highest BCUT2D eigenvalue weighted by Crippen LogP contribution is 2.29. The number of benzene rings is 2. The maximum atomic E-state index is 12.7. The standard InChI is InChI=1S/C23H23N3O4/c1-14(21(27)24-19-13-7-9-15-8-3-4-10-16(15)19)30-23(29)20-17-11-5-6-12-18(17)22(28)26(2)25-20/h3-6,8,10-12,14,19H,7,9,13H2,1-2H3,(H,24,27)/t14-,19-/m0/s1. The summed E-state index contributed by atoms with van der Waals surface area (Å²) in [5.41, 5.74) is 2.06. The van der Waals surface area contributed by atoms with Gasteiger partial charge < -0.3 is 10.1 Å². The number of aromatic nitrogens is 2. The van der Waals surface area contributed by atoms with E-state index in [2.05, 4.69) is 16.5 Å². The van der Waals surface area contributed by atoms with Crippen LogP contribution in [0.1, 0.15) is 47.4 Å². The van der Waals surface area contributed by atoms with Crippen molar-refractivity contribution in [3.63, 3.8) is 0 Å². The van der Waals surface area contributed by atoms with Crippen molar-refractivity contribution in [1.29, 1.82) is 0 Å². The molecule has 0 saturated heterocycles. The Balaban J connectivity index is 1.51. The van der Waals surface area contributed by atoms with E-state index in [0.717, 1.165) is 29.5 Å². The smallest absolute Gasteiger partial charge is 0.360 e. The van der Waals surface area contributed by atoms with Gasteiger partial charge >= 0.3 is 5.97 Å². The maximum absolute atomic E-state index is 12.7. The fourth-order valence-electron chi connectivity index (χ4n) is 3.91. The van der Waals surface area contributed by atoms with Gasteiger partial charge in [0.1, 0.15) is 0 Å². The predicted octanol–water partition coefficient (Wildman–Crippen LogP) is 2.67. The minimum atomic E-state index is -0.996. The summed E-state index contributed by atoms with van der Waals surface area (Å²) in [5, 5.41) is 7.83. The third-order valence-electron chi connectivity index (χ3n) is 5.49. The molecule has 1 heterocycles. The van der Waals surface area contributed by atoms with Gasteiger partial charge in [0.25, 0.3) is 11.5 Å². The van der Waals surface area contributed by atoms with Crippen LogP contribution in [-0.4, -0.2) is 27.8 Å². The quantitative estimate of drug-likeness (QED) is 0.674. The van der Waals surface area contributed by atoms with E-state index in [1.165, 1.54) is 19.5 Å². The molecule has 7 heteroatoms. The highest BCUT2D eigenvalue weighted by molar-refractivity contribution is 6.02. The summed E-state index contributed by atoms with van der Waals surface area (Å²) >= 11 is 0. The minimum absolute atomic E-state index is 0.00959. The zero-order valence-corrected chi connectivity index (χ0v) is 16.9. The Hall–Kier alpha value is -3.48. The number of fused-ring (bicyclic) bond motifs is 2. The molecule has 0 fully saturated rings. The van der Waals surface area contributed by atoms with Crippen LogP contribution in [0, 0.1) is 0 Å². The lowest BCUT2D eigenvalue weighted by molar-refractivity contribution is -0.130. The molecule has 3 aromatic rings. The van der Waals surface area contributed by atoms with Gasteiger partial charge in [0.15, 0.2) is 11.8 Å². The molecule has 0 aliphatic heterocycles. The Morgan fingerprint density at radius 2 is 1.83 bits per heavy atom. The monoisotopic (exact) mass is 405 g/mol. The molecule has 2 aromatic carbocycles. The van der Waals surface area contributed by atoms with Gasteiger partial charge in [-0.15, -0.1) is 0 Å². The van der Waals surface area contributed by atoms with E-state index in [9.17, 15) is 14.4 Å². The van der Waals surface area contributed by atoms with Crippen LogP contribution in [0.2, 0.25) is 0 Å². The van der Waals surface area contributed by atoms with E-state index in [0.29, 0.717) is 10.8 Å². The van der Waals surface area contributed by atoms with Crippen molar-refractivity contribution in [2.45, 2.75) is 38.3 Å². The molecule has 1 N–H and O–H groups in total. The molecule has 0 saturated carbocycles. The molecule has 1 amide bonds. The largest absolute Gasteiger partial charge is 0.448 e. The van der Waals surface area contributed by atoms with E-state index in [1.807, 2.05) is 18.2 Å². The second kappa shape index (κ2) is 8.10. The van der Waals surface area contributed by atoms with E-state index in [4.69, 9.17) is 4.74 Å². The highest BCUT2D eigenvalue weighted by atomic mass is 16.5. The lowest BCUT2D eigenvalue weighted by Crippen LogP contribution is -2.39. The number of nitrogens with one attached hydrogen (secondary N) is 1. The van der Waals surface area contributed by atoms with Crippen LogP contribution in [0.4, 0.5) is 0 Å². The highest BCUT2D eigenvalue weighted by Gasteiger charge is 2.27. The molecular formula is C23H23N3O4. The van der Waals surface area contributed by atoms with Gasteiger partial charge in [0, 0.05) is 12.4 Å². The van der Waals surface area contributed by atoms with Gasteiger partial charge in [0.2, 0.25) is 0 Å². The number of aryl methyl sites for hydroxylation is 2. The molecule has 154 valence electrons. The maximum Gasteiger partial charge on any atom is 0.360 e. The van der Waals surface area contributed by atoms with E-state index >= 15 is 0 Å². The summed E-state index contributed by atoms with van der Waals surface area (Å²) in [6.45, 7) is 1.53. The molecule has 0 spiro atoms. The van der Waals surface area contributed by atoms with E-state index in [1.54, 1.807) is 24.3 Å². The van der Waals surface area contributed by atoms with Gasteiger partial charge in [-0.05, 0) is 43.4 Å². The number of carbonyl (C=O) groups is 2. The summed E-state index contributed by atoms with van der Waals surface area (Å²) in [6.07, 6.45) is 1.84. The molecule has 30 heavy (non-hydrogen) atoms. The Kier molecular flexibility index (Phi) is 5.35. The minimum Gasteiger partial charge on any atom is -0.448 e. The Morgan fingerprint density at radius 3 is 2.63 bits per heavy atom. The van der Waals surface area contributed by atoms with Crippen molar-refractivity contribution in [2.24, 2.45) is 7.05 Å². The van der Waals surface area contributed by atoms with Crippen LogP contribution >= 0.6 is 0 Å². The van der Waals surface area contributed by atoms with Crippen LogP contribution in [-0.2, 0) is 23.0 Å². The summed E-state index contributed by atoms with van der Waals surface area (Å²) < 4.78 is 6.50. The second-order valence-corrected chi connectivity index (χ2v) is 7.52. The first-order valence-corrected chi connectivity index (χ1v) is 10.0.